The van der Waals surface area contributed by atoms with Gasteiger partial charge in [-0.2, -0.15) is 0 Å². The summed E-state index contributed by atoms with van der Waals surface area (Å²) in [4.78, 5) is 2.29. The molecule has 9 N–H and O–H groups in total. The molecule has 12 nitrogen and oxygen atoms in total. The monoisotopic (exact) mass is 871 g/mol. The molecule has 63 heavy (non-hydrogen) atoms. The fourth-order valence-electron chi connectivity index (χ4n) is 11.6. The molecular weight excluding hydrogens is 799 g/mol. The summed E-state index contributed by atoms with van der Waals surface area (Å²) in [5.41, 5.74) is 6.39. The molecule has 0 aromatic heterocycles. The van der Waals surface area contributed by atoms with Crippen molar-refractivity contribution in [3.63, 3.8) is 0 Å². The second-order valence-electron chi connectivity index (χ2n) is 20.5. The molecule has 10 rings (SSSR count). The Kier molecular flexibility index (Phi) is 11.8. The predicted octanol–water partition coefficient (Wildman–Crippen LogP) is 5.97. The smallest absolute Gasteiger partial charge is 0.157 e. The lowest BCUT2D eigenvalue weighted by molar-refractivity contribution is 0.0895. The Balaban J connectivity index is 0.931. The molecule has 14 heteroatoms. The van der Waals surface area contributed by atoms with E-state index in [1.54, 1.807) is 0 Å². The highest BCUT2D eigenvalue weighted by Crippen LogP contribution is 2.62. The number of anilines is 2. The van der Waals surface area contributed by atoms with E-state index in [-0.39, 0.29) is 65.2 Å². The van der Waals surface area contributed by atoms with Gasteiger partial charge in [0, 0.05) is 59.6 Å². The van der Waals surface area contributed by atoms with E-state index in [2.05, 4.69) is 106 Å². The Morgan fingerprint density at radius 1 is 0.889 bits per heavy atom. The summed E-state index contributed by atoms with van der Waals surface area (Å²) in [6.45, 7) is 13.4. The van der Waals surface area contributed by atoms with Crippen LogP contribution in [0.2, 0.25) is 0 Å². The molecule has 8 unspecified atom stereocenters. The van der Waals surface area contributed by atoms with Gasteiger partial charge in [-0.05, 0) is 135 Å². The molecule has 2 saturated carbocycles. The van der Waals surface area contributed by atoms with Crippen molar-refractivity contribution in [3.8, 4) is 11.5 Å². The van der Waals surface area contributed by atoms with Crippen LogP contribution in [0.4, 0.5) is 20.2 Å². The number of nitrogens with zero attached hydrogens (tertiary/aromatic N) is 1. The zero-order chi connectivity index (χ0) is 43.7. The van der Waals surface area contributed by atoms with E-state index in [0.717, 1.165) is 125 Å². The van der Waals surface area contributed by atoms with Crippen LogP contribution in [0, 0.1) is 17.6 Å². The number of hydrogen-bond acceptors (Lipinski definition) is 12. The lowest BCUT2D eigenvalue weighted by atomic mass is 9.87. The number of ether oxygens (including phenoxy) is 2. The summed E-state index contributed by atoms with van der Waals surface area (Å²) in [5.74, 6) is 0.273. The molecule has 2 aromatic rings. The van der Waals surface area contributed by atoms with Gasteiger partial charge in [0.25, 0.3) is 0 Å². The quantitative estimate of drug-likeness (QED) is 0.125. The maximum Gasteiger partial charge on any atom is 0.157 e. The van der Waals surface area contributed by atoms with E-state index in [4.69, 9.17) is 9.47 Å². The summed E-state index contributed by atoms with van der Waals surface area (Å²) in [6, 6.07) is 4.47. The normalized spacial score (nSPS) is 32.4. The van der Waals surface area contributed by atoms with Gasteiger partial charge in [-0.1, -0.05) is 26.0 Å². The zero-order valence-corrected chi connectivity index (χ0v) is 38.4. The highest BCUT2D eigenvalue weighted by Gasteiger charge is 2.59. The van der Waals surface area contributed by atoms with Gasteiger partial charge < -0.3 is 35.6 Å². The van der Waals surface area contributed by atoms with Gasteiger partial charge in [-0.25, -0.2) is 8.78 Å². The van der Waals surface area contributed by atoms with E-state index in [1.165, 1.54) is 0 Å². The molecule has 4 fully saturated rings. The first-order chi connectivity index (χ1) is 30.4. The van der Waals surface area contributed by atoms with E-state index in [1.807, 2.05) is 13.1 Å². The van der Waals surface area contributed by atoms with Gasteiger partial charge in [-0.3, -0.25) is 26.6 Å². The first kappa shape index (κ1) is 43.5. The lowest BCUT2D eigenvalue weighted by Crippen LogP contribution is -2.76. The van der Waals surface area contributed by atoms with E-state index in [0.29, 0.717) is 41.4 Å². The Morgan fingerprint density at radius 3 is 2.41 bits per heavy atom. The largest absolute Gasteiger partial charge is 0.492 e. The molecule has 2 aliphatic carbocycles. The molecule has 8 atom stereocenters. The number of halogens is 2. The Hall–Kier alpha value is -3.34. The first-order valence-corrected chi connectivity index (χ1v) is 24.3. The van der Waals surface area contributed by atoms with Crippen LogP contribution in [0.5, 0.6) is 11.5 Å². The lowest BCUT2D eigenvalue weighted by Gasteiger charge is -2.50. The van der Waals surface area contributed by atoms with Gasteiger partial charge in [0.1, 0.15) is 29.7 Å². The molecule has 0 amide bonds. The predicted molar refractivity (Wildman–Crippen MR) is 248 cm³/mol. The van der Waals surface area contributed by atoms with Crippen molar-refractivity contribution in [2.24, 2.45) is 5.92 Å². The third-order valence-corrected chi connectivity index (χ3v) is 15.9. The fraction of sp³-hybridized carbons (Fsp3) is 0.673. The molecule has 8 aliphatic rings. The van der Waals surface area contributed by atoms with Crippen LogP contribution in [0.15, 0.2) is 24.3 Å². The third kappa shape index (κ3) is 8.08. The summed E-state index contributed by atoms with van der Waals surface area (Å²) in [6.07, 6.45) is 14.2. The average Bonchev–Trinajstić information content (AvgIpc) is 4.18. The minimum absolute atomic E-state index is 0.00967. The van der Waals surface area contributed by atoms with Crippen LogP contribution in [-0.4, -0.2) is 101 Å². The number of allylic oxidation sites excluding steroid dienone is 2. The molecule has 6 heterocycles. The molecule has 6 aliphatic heterocycles. The number of nitrogens with one attached hydrogen (secondary N) is 9. The maximum atomic E-state index is 17.3. The maximum absolute atomic E-state index is 17.3. The van der Waals surface area contributed by atoms with Crippen molar-refractivity contribution < 1.29 is 18.3 Å². The van der Waals surface area contributed by atoms with Crippen LogP contribution in [0.3, 0.4) is 0 Å². The average molecular weight is 871 g/mol. The van der Waals surface area contributed by atoms with Crippen molar-refractivity contribution >= 4 is 22.5 Å². The Labute approximate surface area is 373 Å². The number of hydrogen-bond donors (Lipinski definition) is 9. The standard InChI is InChI=1S/C49H72F2N10O2/c1-7-28(2)49(59-36-24-33-44(62-27-47(33)14-15-47)40(43(36)51)31-10-8-18-53-19-12-31)58-30(4)23-39(60-49)54-26-37-48(16-17-48)34-25-35(56-46-55-29(3)22-38(52-5)57-46)42(50)41(45(34)63-37)32-11-9-20-61(6)21-13-32/h12-13,24-25,28-30,37-39,46,52-60H,7-11,14-23,26-27H2,1-6H3. The molecule has 2 spiro atoms. The second kappa shape index (κ2) is 17.1. The van der Waals surface area contributed by atoms with Crippen LogP contribution in [0.25, 0.3) is 11.1 Å². The van der Waals surface area contributed by atoms with Crippen molar-refractivity contribution in [1.82, 2.24) is 42.1 Å². The minimum Gasteiger partial charge on any atom is -0.492 e. The van der Waals surface area contributed by atoms with E-state index in [9.17, 15) is 0 Å². The molecular formula is C49H72F2N10O2. The van der Waals surface area contributed by atoms with Gasteiger partial charge in [0.2, 0.25) is 0 Å². The molecule has 2 saturated heterocycles. The molecule has 0 bridgehead atoms. The van der Waals surface area contributed by atoms with Gasteiger partial charge in [-0.15, -0.1) is 0 Å². The van der Waals surface area contributed by atoms with Crippen molar-refractivity contribution in [2.45, 2.75) is 152 Å². The highest BCUT2D eigenvalue weighted by atomic mass is 19.1. The van der Waals surface area contributed by atoms with Crippen LogP contribution in [0.1, 0.15) is 121 Å². The van der Waals surface area contributed by atoms with E-state index < -0.39 is 5.79 Å². The summed E-state index contributed by atoms with van der Waals surface area (Å²) in [7, 11) is 4.08. The molecule has 0 radical (unpaired) electrons. The van der Waals surface area contributed by atoms with Crippen LogP contribution < -0.4 is 57.3 Å². The SMILES string of the molecule is CCC(C)C1(Nc2cc3c(c(C4=CCNCCC4)c2F)OCC32CC2)NC(C)CC(NCC2Oc3c(cc(NC4NC(C)CC(NC)N4)c(F)c3C3=CCN(C)CCC3)C23CC3)N1. The first-order valence-electron chi connectivity index (χ1n) is 24.3. The van der Waals surface area contributed by atoms with Crippen molar-refractivity contribution in [2.75, 3.05) is 64.1 Å². The summed E-state index contributed by atoms with van der Waals surface area (Å²) in [5, 5.41) is 33.0. The summed E-state index contributed by atoms with van der Waals surface area (Å²) >= 11 is 0. The third-order valence-electron chi connectivity index (χ3n) is 15.9. The second-order valence-corrected chi connectivity index (χ2v) is 20.5. The van der Waals surface area contributed by atoms with Gasteiger partial charge in [0.15, 0.2) is 11.6 Å². The van der Waals surface area contributed by atoms with Crippen LogP contribution >= 0.6 is 0 Å². The topological polar surface area (TPSA) is 130 Å². The summed E-state index contributed by atoms with van der Waals surface area (Å²) < 4.78 is 47.9. The fourth-order valence-corrected chi connectivity index (χ4v) is 11.6. The Morgan fingerprint density at radius 2 is 1.63 bits per heavy atom. The van der Waals surface area contributed by atoms with Crippen LogP contribution in [-0.2, 0) is 10.8 Å². The number of benzene rings is 2. The molecule has 2 aromatic carbocycles. The highest BCUT2D eigenvalue weighted by molar-refractivity contribution is 5.80. The van der Waals surface area contributed by atoms with Crippen molar-refractivity contribution in [3.05, 3.63) is 58.2 Å². The van der Waals surface area contributed by atoms with Gasteiger partial charge >= 0.3 is 0 Å². The minimum atomic E-state index is -0.802. The molecule has 344 valence electrons. The van der Waals surface area contributed by atoms with E-state index >= 15 is 8.78 Å². The zero-order valence-electron chi connectivity index (χ0n) is 38.4. The van der Waals surface area contributed by atoms with Gasteiger partial charge in [0.05, 0.1) is 41.4 Å². The Bertz CT molecular complexity index is 2120. The number of likely N-dealkylation sites (N-methyl/N-ethyl adjacent to an activating group) is 1. The van der Waals surface area contributed by atoms with Crippen molar-refractivity contribution in [1.29, 1.82) is 0 Å². The number of fused-ring (bicyclic) bond motifs is 4. The number of rotatable bonds is 12.